The molecule has 0 spiro atoms. The van der Waals surface area contributed by atoms with Crippen LogP contribution in [0.4, 0.5) is 5.69 Å². The Bertz CT molecular complexity index is 1450. The zero-order valence-corrected chi connectivity index (χ0v) is 25.1. The first-order chi connectivity index (χ1) is 18.3. The van der Waals surface area contributed by atoms with E-state index < -0.39 is 28.5 Å². The third-order valence-electron chi connectivity index (χ3n) is 5.99. The summed E-state index contributed by atoms with van der Waals surface area (Å²) in [7, 11) is -4.17. The van der Waals surface area contributed by atoms with E-state index in [1.807, 2.05) is 13.8 Å². The van der Waals surface area contributed by atoms with Gasteiger partial charge in [-0.25, -0.2) is 8.42 Å². The molecule has 39 heavy (non-hydrogen) atoms. The van der Waals surface area contributed by atoms with Gasteiger partial charge in [-0.1, -0.05) is 59.1 Å². The third kappa shape index (κ3) is 7.66. The number of hydrogen-bond donors (Lipinski definition) is 1. The van der Waals surface area contributed by atoms with E-state index in [2.05, 4.69) is 5.32 Å². The highest BCUT2D eigenvalue weighted by Crippen LogP contribution is 2.30. The summed E-state index contributed by atoms with van der Waals surface area (Å²) in [6.07, 6.45) is 0. The minimum atomic E-state index is -4.17. The Labute approximate surface area is 244 Å². The van der Waals surface area contributed by atoms with Crippen LogP contribution in [0.2, 0.25) is 15.1 Å². The van der Waals surface area contributed by atoms with Crippen LogP contribution >= 0.6 is 34.8 Å². The maximum absolute atomic E-state index is 13.9. The molecule has 0 heterocycles. The number of nitrogens with zero attached hydrogens (tertiary/aromatic N) is 2. The average molecular weight is 611 g/mol. The van der Waals surface area contributed by atoms with E-state index in [1.165, 1.54) is 17.0 Å². The highest BCUT2D eigenvalue weighted by Gasteiger charge is 2.33. The van der Waals surface area contributed by atoms with Gasteiger partial charge < -0.3 is 10.2 Å². The summed E-state index contributed by atoms with van der Waals surface area (Å²) >= 11 is 18.6. The number of benzene rings is 3. The van der Waals surface area contributed by atoms with Crippen LogP contribution in [0, 0.1) is 6.92 Å². The van der Waals surface area contributed by atoms with Gasteiger partial charge in [-0.15, -0.1) is 0 Å². The van der Waals surface area contributed by atoms with E-state index in [0.29, 0.717) is 31.9 Å². The van der Waals surface area contributed by atoms with Crippen molar-refractivity contribution < 1.29 is 18.0 Å². The molecule has 1 N–H and O–H groups in total. The zero-order chi connectivity index (χ0) is 28.9. The Morgan fingerprint density at radius 1 is 0.897 bits per heavy atom. The van der Waals surface area contributed by atoms with Gasteiger partial charge in [-0.05, 0) is 81.3 Å². The highest BCUT2D eigenvalue weighted by molar-refractivity contribution is 7.92. The molecular weight excluding hydrogens is 581 g/mol. The summed E-state index contributed by atoms with van der Waals surface area (Å²) in [5.74, 6) is -0.982. The summed E-state index contributed by atoms with van der Waals surface area (Å²) in [5, 5.41) is 3.98. The van der Waals surface area contributed by atoms with Crippen LogP contribution in [0.5, 0.6) is 0 Å². The summed E-state index contributed by atoms with van der Waals surface area (Å²) in [6.45, 7) is 6.31. The van der Waals surface area contributed by atoms with E-state index in [4.69, 9.17) is 34.8 Å². The number of sulfonamides is 1. The number of halogens is 3. The van der Waals surface area contributed by atoms with Gasteiger partial charge in [-0.2, -0.15) is 0 Å². The van der Waals surface area contributed by atoms with Crippen molar-refractivity contribution in [2.75, 3.05) is 10.8 Å². The average Bonchev–Trinajstić information content (AvgIpc) is 2.87. The van der Waals surface area contributed by atoms with Gasteiger partial charge in [0.1, 0.15) is 12.6 Å². The van der Waals surface area contributed by atoms with Crippen LogP contribution in [0.1, 0.15) is 31.9 Å². The standard InChI is InChI=1S/C28H30Cl3N3O4S/c1-18(2)32-28(36)20(4)33(16-21-10-11-23(30)15-25(21)31)27(35)17-34(26-13-12-22(29)14-19(26)3)39(37,38)24-8-6-5-7-9-24/h5-15,18,20H,16-17H2,1-4H3,(H,32,36)/t20-/m0/s1. The molecule has 1 atom stereocenters. The van der Waals surface area contributed by atoms with Crippen LogP contribution in [0.3, 0.4) is 0 Å². The molecule has 2 amide bonds. The maximum atomic E-state index is 13.9. The molecule has 11 heteroatoms. The van der Waals surface area contributed by atoms with E-state index in [9.17, 15) is 18.0 Å². The van der Waals surface area contributed by atoms with Gasteiger partial charge in [-0.3, -0.25) is 13.9 Å². The van der Waals surface area contributed by atoms with Crippen molar-refractivity contribution in [2.24, 2.45) is 0 Å². The smallest absolute Gasteiger partial charge is 0.264 e. The summed E-state index contributed by atoms with van der Waals surface area (Å²) < 4.78 is 28.7. The Kier molecular flexibility index (Phi) is 10.3. The molecule has 0 bridgehead atoms. The number of nitrogens with one attached hydrogen (secondary N) is 1. The lowest BCUT2D eigenvalue weighted by Gasteiger charge is -2.33. The number of carbonyl (C=O) groups excluding carboxylic acids is 2. The van der Waals surface area contributed by atoms with Gasteiger partial charge in [0.05, 0.1) is 10.6 Å². The fourth-order valence-electron chi connectivity index (χ4n) is 3.95. The van der Waals surface area contributed by atoms with Gasteiger partial charge in [0, 0.05) is 27.7 Å². The molecule has 0 radical (unpaired) electrons. The molecular formula is C28H30Cl3N3O4S. The van der Waals surface area contributed by atoms with Crippen molar-refractivity contribution in [1.82, 2.24) is 10.2 Å². The first-order valence-corrected chi connectivity index (χ1v) is 14.8. The van der Waals surface area contributed by atoms with Crippen molar-refractivity contribution in [2.45, 2.75) is 51.2 Å². The van der Waals surface area contributed by atoms with Crippen molar-refractivity contribution >= 4 is 62.3 Å². The van der Waals surface area contributed by atoms with Crippen molar-refractivity contribution in [3.8, 4) is 0 Å². The minimum Gasteiger partial charge on any atom is -0.352 e. The first-order valence-electron chi connectivity index (χ1n) is 12.2. The fourth-order valence-corrected chi connectivity index (χ4v) is 6.15. The number of carbonyl (C=O) groups is 2. The second kappa shape index (κ2) is 13.0. The van der Waals surface area contributed by atoms with Crippen LogP contribution in [0.15, 0.2) is 71.6 Å². The molecule has 0 aliphatic rings. The molecule has 0 saturated carbocycles. The molecule has 3 aromatic carbocycles. The lowest BCUT2D eigenvalue weighted by atomic mass is 10.1. The Morgan fingerprint density at radius 3 is 2.10 bits per heavy atom. The van der Waals surface area contributed by atoms with E-state index in [1.54, 1.807) is 68.4 Å². The maximum Gasteiger partial charge on any atom is 0.264 e. The molecule has 3 aromatic rings. The summed E-state index contributed by atoms with van der Waals surface area (Å²) in [5.41, 5.74) is 1.41. The number of anilines is 1. The number of amides is 2. The van der Waals surface area contributed by atoms with Crippen LogP contribution in [-0.4, -0.2) is 43.8 Å². The Hall–Kier alpha value is -2.78. The van der Waals surface area contributed by atoms with Crippen molar-refractivity contribution in [1.29, 1.82) is 0 Å². The van der Waals surface area contributed by atoms with Crippen LogP contribution in [-0.2, 0) is 26.2 Å². The third-order valence-corrected chi connectivity index (χ3v) is 8.59. The SMILES string of the molecule is Cc1cc(Cl)ccc1N(CC(=O)N(Cc1ccc(Cl)cc1Cl)[C@@H](C)C(=O)NC(C)C)S(=O)(=O)c1ccccc1. The molecule has 0 unspecified atom stereocenters. The predicted octanol–water partition coefficient (Wildman–Crippen LogP) is 6.09. The summed E-state index contributed by atoms with van der Waals surface area (Å²) in [4.78, 5) is 28.3. The van der Waals surface area contributed by atoms with E-state index >= 15 is 0 Å². The quantitative estimate of drug-likeness (QED) is 0.301. The second-order valence-electron chi connectivity index (χ2n) is 9.35. The number of aryl methyl sites for hydroxylation is 1. The Balaban J connectivity index is 2.08. The molecule has 0 aromatic heterocycles. The molecule has 7 nitrogen and oxygen atoms in total. The molecule has 208 valence electrons. The molecule has 0 fully saturated rings. The van der Waals surface area contributed by atoms with E-state index in [-0.39, 0.29) is 23.4 Å². The number of hydrogen-bond acceptors (Lipinski definition) is 4. The van der Waals surface area contributed by atoms with Crippen molar-refractivity contribution in [3.05, 3.63) is 92.9 Å². The second-order valence-corrected chi connectivity index (χ2v) is 12.5. The van der Waals surface area contributed by atoms with Gasteiger partial charge >= 0.3 is 0 Å². The van der Waals surface area contributed by atoms with Crippen molar-refractivity contribution in [3.63, 3.8) is 0 Å². The number of rotatable bonds is 10. The Morgan fingerprint density at radius 2 is 1.51 bits per heavy atom. The monoisotopic (exact) mass is 609 g/mol. The fraction of sp³-hybridized carbons (Fsp3) is 0.286. The largest absolute Gasteiger partial charge is 0.352 e. The van der Waals surface area contributed by atoms with Gasteiger partial charge in [0.25, 0.3) is 10.0 Å². The van der Waals surface area contributed by atoms with Crippen LogP contribution < -0.4 is 9.62 Å². The van der Waals surface area contributed by atoms with Gasteiger partial charge in [0.15, 0.2) is 0 Å². The normalized spacial score (nSPS) is 12.2. The first kappa shape index (κ1) is 30.8. The lowest BCUT2D eigenvalue weighted by Crippen LogP contribution is -2.52. The minimum absolute atomic E-state index is 0.0186. The summed E-state index contributed by atoms with van der Waals surface area (Å²) in [6, 6.07) is 16.3. The lowest BCUT2D eigenvalue weighted by molar-refractivity contribution is -0.139. The molecule has 0 aliphatic carbocycles. The van der Waals surface area contributed by atoms with E-state index in [0.717, 1.165) is 4.31 Å². The highest BCUT2D eigenvalue weighted by atomic mass is 35.5. The van der Waals surface area contributed by atoms with Gasteiger partial charge in [0.2, 0.25) is 11.8 Å². The molecule has 0 aliphatic heterocycles. The predicted molar refractivity (Wildman–Crippen MR) is 157 cm³/mol. The topological polar surface area (TPSA) is 86.8 Å². The molecule has 3 rings (SSSR count). The van der Waals surface area contributed by atoms with Crippen LogP contribution in [0.25, 0.3) is 0 Å². The molecule has 0 saturated heterocycles. The zero-order valence-electron chi connectivity index (χ0n) is 22.0.